The van der Waals surface area contributed by atoms with Gasteiger partial charge in [0, 0.05) is 24.8 Å². The predicted molar refractivity (Wildman–Crippen MR) is 118 cm³/mol. The van der Waals surface area contributed by atoms with Crippen LogP contribution in [0.15, 0.2) is 36.7 Å². The van der Waals surface area contributed by atoms with Gasteiger partial charge in [0.05, 0.1) is 24.3 Å². The van der Waals surface area contributed by atoms with Crippen LogP contribution in [0.3, 0.4) is 0 Å². The van der Waals surface area contributed by atoms with Crippen molar-refractivity contribution in [3.63, 3.8) is 0 Å². The number of hydrogen-bond acceptors (Lipinski definition) is 4. The minimum Gasteiger partial charge on any atom is -0.497 e. The quantitative estimate of drug-likeness (QED) is 0.679. The summed E-state index contributed by atoms with van der Waals surface area (Å²) in [6, 6.07) is 7.80. The van der Waals surface area contributed by atoms with Gasteiger partial charge in [0.2, 0.25) is 5.91 Å². The third kappa shape index (κ3) is 4.05. The molecule has 4 rings (SSSR count). The summed E-state index contributed by atoms with van der Waals surface area (Å²) >= 11 is 0. The number of fused-ring (bicyclic) bond motifs is 2. The molecule has 7 nitrogen and oxygen atoms in total. The first kappa shape index (κ1) is 21.4. The number of hydrogen-bond donors (Lipinski definition) is 2. The first-order valence-corrected chi connectivity index (χ1v) is 11.2. The molecule has 2 aliphatic heterocycles. The van der Waals surface area contributed by atoms with E-state index in [9.17, 15) is 9.59 Å². The fourth-order valence-electron chi connectivity index (χ4n) is 5.28. The zero-order chi connectivity index (χ0) is 22.0. The number of rotatable bonds is 8. The van der Waals surface area contributed by atoms with Crippen molar-refractivity contribution in [2.75, 3.05) is 7.11 Å². The second-order valence-corrected chi connectivity index (χ2v) is 9.27. The molecule has 2 saturated heterocycles. The van der Waals surface area contributed by atoms with E-state index in [0.717, 1.165) is 43.4 Å². The van der Waals surface area contributed by atoms with Gasteiger partial charge in [0.1, 0.15) is 5.75 Å². The molecule has 0 spiro atoms. The number of nitrogens with zero attached hydrogens (tertiary/aromatic N) is 2. The molecule has 0 aliphatic carbocycles. The molecule has 1 aromatic heterocycles. The molecule has 0 unspecified atom stereocenters. The van der Waals surface area contributed by atoms with Crippen LogP contribution in [0.25, 0.3) is 0 Å². The molecule has 3 atom stereocenters. The lowest BCUT2D eigenvalue weighted by molar-refractivity contribution is -0.133. The van der Waals surface area contributed by atoms with Gasteiger partial charge < -0.3 is 15.0 Å². The minimum atomic E-state index is -0.529. The second-order valence-electron chi connectivity index (χ2n) is 9.27. The van der Waals surface area contributed by atoms with Gasteiger partial charge in [0.25, 0.3) is 5.91 Å². The molecule has 31 heavy (non-hydrogen) atoms. The topological polar surface area (TPSA) is 87.3 Å². The van der Waals surface area contributed by atoms with Crippen LogP contribution in [-0.2, 0) is 11.3 Å². The SMILES string of the molecule is COc1ccc(CNC(=O)[C@@]2(CCC(C)C)C[C@H]3CC[C@@H]2N3C(=O)c2cn[nH]c2)cc1. The zero-order valence-electron chi connectivity index (χ0n) is 18.6. The highest BCUT2D eigenvalue weighted by molar-refractivity contribution is 5.96. The predicted octanol–water partition coefficient (Wildman–Crippen LogP) is 3.53. The highest BCUT2D eigenvalue weighted by Crippen LogP contribution is 2.53. The average molecular weight is 425 g/mol. The Bertz CT molecular complexity index is 909. The maximum Gasteiger partial charge on any atom is 0.257 e. The van der Waals surface area contributed by atoms with Gasteiger partial charge in [-0.2, -0.15) is 5.10 Å². The van der Waals surface area contributed by atoms with E-state index in [0.29, 0.717) is 18.0 Å². The van der Waals surface area contributed by atoms with Crippen molar-refractivity contribution in [3.05, 3.63) is 47.8 Å². The number of benzene rings is 1. The fraction of sp³-hybridized carbons (Fsp3) is 0.542. The van der Waals surface area contributed by atoms with Crippen LogP contribution in [0.4, 0.5) is 0 Å². The normalized spacial score (nSPS) is 24.6. The number of H-pyrrole nitrogens is 1. The standard InChI is InChI=1S/C24H32N4O3/c1-16(2)10-11-24(23(30)25-13-17-4-7-20(31-3)8-5-17)12-19-6-9-21(24)28(19)22(29)18-14-26-27-15-18/h4-5,7-8,14-16,19,21H,6,9-13H2,1-3H3,(H,25,30)(H,26,27)/t19-,21+,24+/m1/s1. The summed E-state index contributed by atoms with van der Waals surface area (Å²) in [4.78, 5) is 28.8. The Kier molecular flexibility index (Phi) is 6.03. The molecule has 3 heterocycles. The molecule has 2 fully saturated rings. The first-order valence-electron chi connectivity index (χ1n) is 11.2. The van der Waals surface area contributed by atoms with Crippen LogP contribution in [0.5, 0.6) is 5.75 Å². The van der Waals surface area contributed by atoms with Crippen molar-refractivity contribution >= 4 is 11.8 Å². The van der Waals surface area contributed by atoms with Gasteiger partial charge in [-0.3, -0.25) is 14.7 Å². The molecule has 2 aromatic rings. The molecular weight excluding hydrogens is 392 g/mol. The molecule has 2 N–H and O–H groups in total. The molecule has 2 aliphatic rings. The Morgan fingerprint density at radius 2 is 2.06 bits per heavy atom. The van der Waals surface area contributed by atoms with Crippen molar-refractivity contribution in [1.29, 1.82) is 0 Å². The van der Waals surface area contributed by atoms with Gasteiger partial charge in [0.15, 0.2) is 0 Å². The van der Waals surface area contributed by atoms with Crippen LogP contribution >= 0.6 is 0 Å². The van der Waals surface area contributed by atoms with Gasteiger partial charge >= 0.3 is 0 Å². The first-order chi connectivity index (χ1) is 14.9. The van der Waals surface area contributed by atoms with Gasteiger partial charge in [-0.15, -0.1) is 0 Å². The number of amides is 2. The Hall–Kier alpha value is -2.83. The van der Waals surface area contributed by atoms with Crippen LogP contribution < -0.4 is 10.1 Å². The maximum atomic E-state index is 13.6. The van der Waals surface area contributed by atoms with Crippen LogP contribution in [-0.4, -0.2) is 46.1 Å². The van der Waals surface area contributed by atoms with E-state index in [1.807, 2.05) is 29.2 Å². The zero-order valence-corrected chi connectivity index (χ0v) is 18.6. The van der Waals surface area contributed by atoms with Crippen LogP contribution in [0.2, 0.25) is 0 Å². The summed E-state index contributed by atoms with van der Waals surface area (Å²) in [6.07, 6.45) is 7.55. The second kappa shape index (κ2) is 8.73. The molecule has 166 valence electrons. The third-order valence-electron chi connectivity index (χ3n) is 6.95. The van der Waals surface area contributed by atoms with Crippen molar-refractivity contribution in [1.82, 2.24) is 20.4 Å². The Labute approximate surface area is 183 Å². The van der Waals surface area contributed by atoms with E-state index >= 15 is 0 Å². The third-order valence-corrected chi connectivity index (χ3v) is 6.95. The lowest BCUT2D eigenvalue weighted by atomic mass is 9.69. The van der Waals surface area contributed by atoms with Crippen molar-refractivity contribution < 1.29 is 14.3 Å². The van der Waals surface area contributed by atoms with Gasteiger partial charge in [-0.05, 0) is 55.7 Å². The van der Waals surface area contributed by atoms with Gasteiger partial charge in [-0.1, -0.05) is 26.0 Å². The summed E-state index contributed by atoms with van der Waals surface area (Å²) in [5, 5.41) is 9.85. The Balaban J connectivity index is 1.53. The highest BCUT2D eigenvalue weighted by Gasteiger charge is 2.60. The summed E-state index contributed by atoms with van der Waals surface area (Å²) < 4.78 is 5.21. The van der Waals surface area contributed by atoms with E-state index < -0.39 is 5.41 Å². The van der Waals surface area contributed by atoms with E-state index in [1.165, 1.54) is 0 Å². The molecule has 7 heteroatoms. The number of carbonyl (C=O) groups is 2. The summed E-state index contributed by atoms with van der Waals surface area (Å²) in [6.45, 7) is 4.84. The van der Waals surface area contributed by atoms with Crippen molar-refractivity contribution in [2.45, 2.75) is 64.6 Å². The fourth-order valence-corrected chi connectivity index (χ4v) is 5.28. The van der Waals surface area contributed by atoms with Crippen LogP contribution in [0.1, 0.15) is 61.9 Å². The summed E-state index contributed by atoms with van der Waals surface area (Å²) in [7, 11) is 1.64. The average Bonchev–Trinajstić information content (AvgIpc) is 3.52. The molecule has 2 amide bonds. The molecule has 0 radical (unpaired) electrons. The largest absolute Gasteiger partial charge is 0.497 e. The molecule has 0 saturated carbocycles. The van der Waals surface area contributed by atoms with Crippen molar-refractivity contribution in [3.8, 4) is 5.75 Å². The highest BCUT2D eigenvalue weighted by atomic mass is 16.5. The van der Waals surface area contributed by atoms with E-state index in [1.54, 1.807) is 19.5 Å². The lowest BCUT2D eigenvalue weighted by Gasteiger charge is -2.36. The Morgan fingerprint density at radius 3 is 2.71 bits per heavy atom. The summed E-state index contributed by atoms with van der Waals surface area (Å²) in [5.74, 6) is 1.35. The smallest absolute Gasteiger partial charge is 0.257 e. The number of nitrogens with one attached hydrogen (secondary N) is 2. The molecular formula is C24H32N4O3. The molecule has 2 bridgehead atoms. The number of ether oxygens (including phenoxy) is 1. The number of methoxy groups -OCH3 is 1. The molecule has 1 aromatic carbocycles. The monoisotopic (exact) mass is 424 g/mol. The minimum absolute atomic E-state index is 0.0179. The number of aromatic amines is 1. The number of aromatic nitrogens is 2. The van der Waals surface area contributed by atoms with E-state index in [-0.39, 0.29) is 23.9 Å². The summed E-state index contributed by atoms with van der Waals surface area (Å²) in [5.41, 5.74) is 1.07. The van der Waals surface area contributed by atoms with Gasteiger partial charge in [-0.25, -0.2) is 0 Å². The van der Waals surface area contributed by atoms with Crippen molar-refractivity contribution in [2.24, 2.45) is 11.3 Å². The lowest BCUT2D eigenvalue weighted by Crippen LogP contribution is -2.50. The number of carbonyl (C=O) groups excluding carboxylic acids is 2. The maximum absolute atomic E-state index is 13.6. The van der Waals surface area contributed by atoms with E-state index in [4.69, 9.17) is 4.74 Å². The van der Waals surface area contributed by atoms with E-state index in [2.05, 4.69) is 29.4 Å². The Morgan fingerprint density at radius 1 is 1.29 bits per heavy atom. The van der Waals surface area contributed by atoms with Crippen LogP contribution in [0, 0.1) is 11.3 Å².